The highest BCUT2D eigenvalue weighted by Gasteiger charge is 2.46. The lowest BCUT2D eigenvalue weighted by atomic mass is 9.72. The van der Waals surface area contributed by atoms with Crippen LogP contribution in [-0.2, 0) is 15.6 Å². The molecule has 0 aliphatic heterocycles. The summed E-state index contributed by atoms with van der Waals surface area (Å²) in [6.45, 7) is 0. The molecule has 1 N–H and O–H groups in total. The summed E-state index contributed by atoms with van der Waals surface area (Å²) in [6, 6.07) is 8.04. The standard InChI is InChI=1S/C18H19F2NO4S/c1-24-14-8-4-9-15(25-2)17(14)26(22,23)21-18(10-5-11-18)16-12(19)6-3-7-13(16)20/h3-4,6-9,21H,5,10-11H2,1-2H3. The van der Waals surface area contributed by atoms with Crippen molar-refractivity contribution in [3.8, 4) is 11.5 Å². The zero-order valence-corrected chi connectivity index (χ0v) is 15.2. The fourth-order valence-corrected chi connectivity index (χ4v) is 5.03. The second-order valence-electron chi connectivity index (χ2n) is 6.13. The van der Waals surface area contributed by atoms with Gasteiger partial charge in [-0.3, -0.25) is 0 Å². The minimum atomic E-state index is -4.18. The van der Waals surface area contributed by atoms with Crippen molar-refractivity contribution in [2.75, 3.05) is 14.2 Å². The average molecular weight is 383 g/mol. The van der Waals surface area contributed by atoms with Gasteiger partial charge in [-0.05, 0) is 43.5 Å². The Labute approximate surface area is 151 Å². The molecule has 26 heavy (non-hydrogen) atoms. The first-order valence-corrected chi connectivity index (χ1v) is 9.52. The average Bonchev–Trinajstić information content (AvgIpc) is 2.58. The van der Waals surface area contributed by atoms with Crippen LogP contribution in [0.3, 0.4) is 0 Å². The smallest absolute Gasteiger partial charge is 0.248 e. The first-order valence-electron chi connectivity index (χ1n) is 8.04. The molecule has 5 nitrogen and oxygen atoms in total. The van der Waals surface area contributed by atoms with Crippen molar-refractivity contribution >= 4 is 10.0 Å². The first kappa shape index (κ1) is 18.6. The minimum Gasteiger partial charge on any atom is -0.495 e. The van der Waals surface area contributed by atoms with E-state index in [0.29, 0.717) is 19.3 Å². The van der Waals surface area contributed by atoms with Crippen LogP contribution in [0.1, 0.15) is 24.8 Å². The number of rotatable bonds is 6. The van der Waals surface area contributed by atoms with Gasteiger partial charge in [0.05, 0.1) is 19.8 Å². The quantitative estimate of drug-likeness (QED) is 0.831. The Morgan fingerprint density at radius 2 is 1.46 bits per heavy atom. The molecular weight excluding hydrogens is 364 g/mol. The Hall–Kier alpha value is -2.19. The molecule has 0 aromatic heterocycles. The van der Waals surface area contributed by atoms with E-state index in [1.54, 1.807) is 6.07 Å². The van der Waals surface area contributed by atoms with E-state index in [-0.39, 0.29) is 22.0 Å². The number of hydrogen-bond donors (Lipinski definition) is 1. The minimum absolute atomic E-state index is 0.0836. The van der Waals surface area contributed by atoms with Crippen molar-refractivity contribution in [3.63, 3.8) is 0 Å². The molecule has 140 valence electrons. The highest BCUT2D eigenvalue weighted by Crippen LogP contribution is 2.45. The molecule has 1 aliphatic rings. The van der Waals surface area contributed by atoms with Gasteiger partial charge < -0.3 is 9.47 Å². The van der Waals surface area contributed by atoms with Crippen molar-refractivity contribution in [3.05, 3.63) is 53.6 Å². The van der Waals surface area contributed by atoms with Crippen LogP contribution in [0, 0.1) is 11.6 Å². The molecule has 0 radical (unpaired) electrons. The Morgan fingerprint density at radius 1 is 0.962 bits per heavy atom. The summed E-state index contributed by atoms with van der Waals surface area (Å²) in [5, 5.41) is 0. The van der Waals surface area contributed by atoms with Crippen LogP contribution in [0.5, 0.6) is 11.5 Å². The second-order valence-corrected chi connectivity index (χ2v) is 7.75. The van der Waals surface area contributed by atoms with E-state index in [4.69, 9.17) is 9.47 Å². The third-order valence-electron chi connectivity index (χ3n) is 4.63. The second kappa shape index (κ2) is 6.85. The summed E-state index contributed by atoms with van der Waals surface area (Å²) < 4.78 is 67.6. The molecule has 2 aromatic carbocycles. The first-order chi connectivity index (χ1) is 12.3. The summed E-state index contributed by atoms with van der Waals surface area (Å²) in [5.41, 5.74) is -1.59. The van der Waals surface area contributed by atoms with Gasteiger partial charge in [0.15, 0.2) is 4.90 Å². The van der Waals surface area contributed by atoms with Crippen LogP contribution >= 0.6 is 0 Å². The van der Waals surface area contributed by atoms with E-state index in [9.17, 15) is 17.2 Å². The highest BCUT2D eigenvalue weighted by molar-refractivity contribution is 7.89. The monoisotopic (exact) mass is 383 g/mol. The molecule has 0 bridgehead atoms. The van der Waals surface area contributed by atoms with E-state index in [0.717, 1.165) is 12.1 Å². The molecule has 0 atom stereocenters. The van der Waals surface area contributed by atoms with Crippen molar-refractivity contribution in [2.24, 2.45) is 0 Å². The van der Waals surface area contributed by atoms with Gasteiger partial charge in [-0.25, -0.2) is 21.9 Å². The van der Waals surface area contributed by atoms with Crippen LogP contribution in [0.4, 0.5) is 8.78 Å². The number of sulfonamides is 1. The van der Waals surface area contributed by atoms with E-state index in [2.05, 4.69) is 4.72 Å². The highest BCUT2D eigenvalue weighted by atomic mass is 32.2. The Bertz CT molecular complexity index is 884. The molecule has 0 amide bonds. The van der Waals surface area contributed by atoms with Crippen LogP contribution in [0.15, 0.2) is 41.3 Å². The van der Waals surface area contributed by atoms with Crippen LogP contribution < -0.4 is 14.2 Å². The predicted molar refractivity (Wildman–Crippen MR) is 91.8 cm³/mol. The van der Waals surface area contributed by atoms with Gasteiger partial charge in [0, 0.05) is 5.56 Å². The van der Waals surface area contributed by atoms with Gasteiger partial charge in [0.1, 0.15) is 23.1 Å². The normalized spacial score (nSPS) is 16.0. The number of ether oxygens (including phenoxy) is 2. The van der Waals surface area contributed by atoms with Crippen LogP contribution in [-0.4, -0.2) is 22.6 Å². The number of methoxy groups -OCH3 is 2. The Balaban J connectivity index is 2.10. The fourth-order valence-electron chi connectivity index (χ4n) is 3.28. The van der Waals surface area contributed by atoms with Gasteiger partial charge in [-0.1, -0.05) is 12.1 Å². The van der Waals surface area contributed by atoms with Crippen LogP contribution in [0.2, 0.25) is 0 Å². The molecule has 0 saturated heterocycles. The van der Waals surface area contributed by atoms with Crippen molar-refractivity contribution in [1.29, 1.82) is 0 Å². The van der Waals surface area contributed by atoms with Gasteiger partial charge in [-0.2, -0.15) is 0 Å². The lowest BCUT2D eigenvalue weighted by Crippen LogP contribution is -2.51. The Kier molecular flexibility index (Phi) is 4.90. The van der Waals surface area contributed by atoms with Gasteiger partial charge in [-0.15, -0.1) is 0 Å². The van der Waals surface area contributed by atoms with E-state index >= 15 is 0 Å². The van der Waals surface area contributed by atoms with Gasteiger partial charge >= 0.3 is 0 Å². The molecule has 2 aromatic rings. The van der Waals surface area contributed by atoms with E-state index < -0.39 is 27.2 Å². The van der Waals surface area contributed by atoms with Crippen molar-refractivity contribution in [2.45, 2.75) is 29.7 Å². The van der Waals surface area contributed by atoms with Crippen molar-refractivity contribution < 1.29 is 26.7 Å². The SMILES string of the molecule is COc1cccc(OC)c1S(=O)(=O)NC1(c2c(F)cccc2F)CCC1. The molecular formula is C18H19F2NO4S. The maximum absolute atomic E-state index is 14.3. The van der Waals surface area contributed by atoms with Crippen molar-refractivity contribution in [1.82, 2.24) is 4.72 Å². The lowest BCUT2D eigenvalue weighted by molar-refractivity contribution is 0.208. The van der Waals surface area contributed by atoms with E-state index in [1.807, 2.05) is 0 Å². The third kappa shape index (κ3) is 3.03. The summed E-state index contributed by atoms with van der Waals surface area (Å²) in [4.78, 5) is -0.201. The summed E-state index contributed by atoms with van der Waals surface area (Å²) in [7, 11) is -1.51. The van der Waals surface area contributed by atoms with Crippen LogP contribution in [0.25, 0.3) is 0 Å². The zero-order valence-electron chi connectivity index (χ0n) is 14.4. The number of nitrogens with one attached hydrogen (secondary N) is 1. The lowest BCUT2D eigenvalue weighted by Gasteiger charge is -2.42. The summed E-state index contributed by atoms with van der Waals surface area (Å²) in [6.07, 6.45) is 1.24. The topological polar surface area (TPSA) is 64.6 Å². The Morgan fingerprint density at radius 3 is 1.88 bits per heavy atom. The molecule has 3 rings (SSSR count). The molecule has 8 heteroatoms. The molecule has 1 saturated carbocycles. The summed E-state index contributed by atoms with van der Waals surface area (Å²) >= 11 is 0. The molecule has 0 unspecified atom stereocenters. The molecule has 0 heterocycles. The summed E-state index contributed by atoms with van der Waals surface area (Å²) in [5.74, 6) is -1.39. The van der Waals surface area contributed by atoms with Gasteiger partial charge in [0.25, 0.3) is 0 Å². The predicted octanol–water partition coefficient (Wildman–Crippen LogP) is 3.34. The van der Waals surface area contributed by atoms with Gasteiger partial charge in [0.2, 0.25) is 10.0 Å². The fraction of sp³-hybridized carbons (Fsp3) is 0.333. The zero-order chi connectivity index (χ0) is 18.9. The number of halogens is 2. The van der Waals surface area contributed by atoms with E-state index in [1.165, 1.54) is 32.4 Å². The number of benzene rings is 2. The maximum Gasteiger partial charge on any atom is 0.248 e. The molecule has 1 fully saturated rings. The third-order valence-corrected chi connectivity index (χ3v) is 6.23. The number of hydrogen-bond acceptors (Lipinski definition) is 4. The maximum atomic E-state index is 14.3. The largest absolute Gasteiger partial charge is 0.495 e. The molecule has 0 spiro atoms. The molecule has 1 aliphatic carbocycles.